The summed E-state index contributed by atoms with van der Waals surface area (Å²) in [5.41, 5.74) is 3.81. The van der Waals surface area contributed by atoms with Crippen LogP contribution in [0.4, 0.5) is 8.78 Å². The smallest absolute Gasteiger partial charge is 0.315 e. The van der Waals surface area contributed by atoms with Gasteiger partial charge in [0.2, 0.25) is 0 Å². The maximum absolute atomic E-state index is 14.1. The number of hydrogen-bond acceptors (Lipinski definition) is 1. The Labute approximate surface area is 156 Å². The Morgan fingerprint density at radius 1 is 0.692 bits per heavy atom. The Balaban J connectivity index is 1.82. The predicted octanol–water partition coefficient (Wildman–Crippen LogP) is 6.72. The maximum Gasteiger partial charge on any atom is 0.360 e. The Hall–Kier alpha value is -1.74. The summed E-state index contributed by atoms with van der Waals surface area (Å²) >= 11 is 0. The number of ether oxygens (including phenoxy) is 1. The minimum absolute atomic E-state index is 0.0733. The van der Waals surface area contributed by atoms with Gasteiger partial charge in [0, 0.05) is 0 Å². The number of aryl methyl sites for hydroxylation is 2. The molecule has 142 valence electrons. The van der Waals surface area contributed by atoms with Gasteiger partial charge in [0.1, 0.15) is 0 Å². The standard InChI is InChI=1S/C23H30F2O/c1-3-5-6-8-20-11-15-22(16-12-20)18-26-23(24,25)17-21-13-9-19(7-4-2)10-14-21/h9-16H,3-8,17-18H2,1-2H3. The third-order valence-corrected chi connectivity index (χ3v) is 4.51. The van der Waals surface area contributed by atoms with Crippen LogP contribution >= 0.6 is 0 Å². The molecule has 0 N–H and O–H groups in total. The summed E-state index contributed by atoms with van der Waals surface area (Å²) in [7, 11) is 0. The van der Waals surface area contributed by atoms with E-state index in [1.807, 2.05) is 36.4 Å². The number of hydrogen-bond donors (Lipinski definition) is 0. The molecule has 0 fully saturated rings. The third-order valence-electron chi connectivity index (χ3n) is 4.51. The number of halogens is 2. The molecule has 0 saturated carbocycles. The van der Waals surface area contributed by atoms with Crippen LogP contribution in [-0.2, 0) is 30.6 Å². The molecule has 3 heteroatoms. The molecule has 2 aromatic carbocycles. The van der Waals surface area contributed by atoms with Gasteiger partial charge in [0.05, 0.1) is 13.0 Å². The Morgan fingerprint density at radius 2 is 1.23 bits per heavy atom. The molecule has 2 rings (SSSR count). The van der Waals surface area contributed by atoms with Gasteiger partial charge in [-0.25, -0.2) is 0 Å². The summed E-state index contributed by atoms with van der Waals surface area (Å²) in [5, 5.41) is 0. The van der Waals surface area contributed by atoms with Crippen molar-refractivity contribution in [3.05, 3.63) is 70.8 Å². The fourth-order valence-electron chi connectivity index (χ4n) is 2.97. The number of unbranched alkanes of at least 4 members (excludes halogenated alkanes) is 2. The van der Waals surface area contributed by atoms with Crippen LogP contribution in [0.1, 0.15) is 61.8 Å². The second-order valence-electron chi connectivity index (χ2n) is 6.94. The summed E-state index contributed by atoms with van der Waals surface area (Å²) < 4.78 is 33.1. The summed E-state index contributed by atoms with van der Waals surface area (Å²) in [5.74, 6) is 0. The molecule has 0 amide bonds. The van der Waals surface area contributed by atoms with Crippen LogP contribution in [0.2, 0.25) is 0 Å². The molecule has 0 bridgehead atoms. The first kappa shape index (κ1) is 20.6. The Morgan fingerprint density at radius 3 is 1.81 bits per heavy atom. The van der Waals surface area contributed by atoms with Gasteiger partial charge < -0.3 is 4.74 Å². The van der Waals surface area contributed by atoms with Crippen molar-refractivity contribution in [2.75, 3.05) is 0 Å². The highest BCUT2D eigenvalue weighted by atomic mass is 19.3. The molecular weight excluding hydrogens is 330 g/mol. The first-order valence-corrected chi connectivity index (χ1v) is 9.70. The van der Waals surface area contributed by atoms with E-state index in [2.05, 4.69) is 13.8 Å². The monoisotopic (exact) mass is 360 g/mol. The minimum Gasteiger partial charge on any atom is -0.315 e. The molecule has 0 aromatic heterocycles. The van der Waals surface area contributed by atoms with Crippen molar-refractivity contribution in [2.45, 2.75) is 71.5 Å². The zero-order chi connectivity index (χ0) is 18.8. The largest absolute Gasteiger partial charge is 0.360 e. The molecule has 2 aromatic rings. The fraction of sp³-hybridized carbons (Fsp3) is 0.478. The summed E-state index contributed by atoms with van der Waals surface area (Å²) in [6.45, 7) is 4.21. The van der Waals surface area contributed by atoms with Crippen molar-refractivity contribution in [2.24, 2.45) is 0 Å². The predicted molar refractivity (Wildman–Crippen MR) is 104 cm³/mol. The highest BCUT2D eigenvalue weighted by Gasteiger charge is 2.30. The molecular formula is C23H30F2O. The van der Waals surface area contributed by atoms with Crippen LogP contribution in [0.5, 0.6) is 0 Å². The van der Waals surface area contributed by atoms with E-state index in [1.54, 1.807) is 12.1 Å². The third kappa shape index (κ3) is 7.25. The Kier molecular flexibility index (Phi) is 8.24. The van der Waals surface area contributed by atoms with E-state index in [4.69, 9.17) is 4.74 Å². The van der Waals surface area contributed by atoms with Crippen molar-refractivity contribution in [1.82, 2.24) is 0 Å². The maximum atomic E-state index is 14.1. The van der Waals surface area contributed by atoms with Crippen molar-refractivity contribution < 1.29 is 13.5 Å². The van der Waals surface area contributed by atoms with Crippen molar-refractivity contribution in [1.29, 1.82) is 0 Å². The lowest BCUT2D eigenvalue weighted by Gasteiger charge is -2.17. The topological polar surface area (TPSA) is 9.23 Å². The second-order valence-corrected chi connectivity index (χ2v) is 6.94. The van der Waals surface area contributed by atoms with Gasteiger partial charge in [-0.1, -0.05) is 81.6 Å². The molecule has 0 saturated heterocycles. The van der Waals surface area contributed by atoms with Crippen LogP contribution < -0.4 is 0 Å². The molecule has 0 aliphatic rings. The van der Waals surface area contributed by atoms with E-state index in [1.165, 1.54) is 30.4 Å². The van der Waals surface area contributed by atoms with Crippen LogP contribution in [0.3, 0.4) is 0 Å². The van der Waals surface area contributed by atoms with Crippen molar-refractivity contribution >= 4 is 0 Å². The van der Waals surface area contributed by atoms with Gasteiger partial charge in [-0.3, -0.25) is 0 Å². The molecule has 0 heterocycles. The van der Waals surface area contributed by atoms with E-state index in [0.29, 0.717) is 5.56 Å². The molecule has 0 spiro atoms. The lowest BCUT2D eigenvalue weighted by atomic mass is 10.1. The zero-order valence-electron chi connectivity index (χ0n) is 15.9. The summed E-state index contributed by atoms with van der Waals surface area (Å²) in [4.78, 5) is 0. The van der Waals surface area contributed by atoms with Crippen molar-refractivity contribution in [3.8, 4) is 0 Å². The van der Waals surface area contributed by atoms with Crippen LogP contribution in [0, 0.1) is 0 Å². The molecule has 0 radical (unpaired) electrons. The summed E-state index contributed by atoms with van der Waals surface area (Å²) in [6, 6.07) is 15.2. The van der Waals surface area contributed by atoms with Crippen LogP contribution in [-0.4, -0.2) is 6.11 Å². The second kappa shape index (κ2) is 10.4. The summed E-state index contributed by atoms with van der Waals surface area (Å²) in [6.07, 6.45) is 3.09. The van der Waals surface area contributed by atoms with Crippen molar-refractivity contribution in [3.63, 3.8) is 0 Å². The van der Waals surface area contributed by atoms with E-state index in [9.17, 15) is 8.78 Å². The average molecular weight is 360 g/mol. The van der Waals surface area contributed by atoms with E-state index < -0.39 is 12.5 Å². The molecule has 0 unspecified atom stereocenters. The van der Waals surface area contributed by atoms with Crippen LogP contribution in [0.15, 0.2) is 48.5 Å². The quantitative estimate of drug-likeness (QED) is 0.404. The van der Waals surface area contributed by atoms with E-state index >= 15 is 0 Å². The lowest BCUT2D eigenvalue weighted by molar-refractivity contribution is -0.244. The van der Waals surface area contributed by atoms with Gasteiger partial charge in [0.15, 0.2) is 0 Å². The zero-order valence-corrected chi connectivity index (χ0v) is 15.9. The lowest BCUT2D eigenvalue weighted by Crippen LogP contribution is -2.23. The molecule has 0 aliphatic carbocycles. The number of benzene rings is 2. The average Bonchev–Trinajstić information content (AvgIpc) is 2.63. The first-order valence-electron chi connectivity index (χ1n) is 9.70. The van der Waals surface area contributed by atoms with Gasteiger partial charge in [-0.2, -0.15) is 8.78 Å². The first-order chi connectivity index (χ1) is 12.5. The minimum atomic E-state index is -3.16. The molecule has 1 nitrogen and oxygen atoms in total. The normalized spacial score (nSPS) is 11.7. The molecule has 0 aliphatic heterocycles. The number of rotatable bonds is 11. The van der Waals surface area contributed by atoms with Gasteiger partial charge in [-0.15, -0.1) is 0 Å². The van der Waals surface area contributed by atoms with Gasteiger partial charge >= 0.3 is 6.11 Å². The SMILES string of the molecule is CCCCCc1ccc(COC(F)(F)Cc2ccc(CCC)cc2)cc1. The Bertz CT molecular complexity index is 632. The highest BCUT2D eigenvalue weighted by molar-refractivity contribution is 5.24. The molecule has 0 atom stereocenters. The highest BCUT2D eigenvalue weighted by Crippen LogP contribution is 2.24. The van der Waals surface area contributed by atoms with E-state index in [0.717, 1.165) is 24.8 Å². The fourth-order valence-corrected chi connectivity index (χ4v) is 2.97. The van der Waals surface area contributed by atoms with Gasteiger partial charge in [-0.05, 0) is 41.5 Å². The van der Waals surface area contributed by atoms with Gasteiger partial charge in [0.25, 0.3) is 0 Å². The van der Waals surface area contributed by atoms with Crippen LogP contribution in [0.25, 0.3) is 0 Å². The molecule has 26 heavy (non-hydrogen) atoms. The number of alkyl halides is 2. The van der Waals surface area contributed by atoms with E-state index in [-0.39, 0.29) is 6.61 Å².